The van der Waals surface area contributed by atoms with Crippen molar-refractivity contribution in [2.24, 2.45) is 5.92 Å². The third-order valence-electron chi connectivity index (χ3n) is 4.13. The van der Waals surface area contributed by atoms with Crippen LogP contribution in [0.3, 0.4) is 0 Å². The van der Waals surface area contributed by atoms with Crippen LogP contribution in [0.2, 0.25) is 0 Å². The van der Waals surface area contributed by atoms with Crippen LogP contribution < -0.4 is 0 Å². The van der Waals surface area contributed by atoms with Gasteiger partial charge >= 0.3 is 6.16 Å². The SMILES string of the molecule is C=CCO[C@@H]1OC[C@H]2C[C@@H](OC(=O)OC)C(c3ccccc3)=C21. The average Bonchev–Trinajstić information content (AvgIpc) is 3.12. The third kappa shape index (κ3) is 3.16. The normalized spacial score (nSPS) is 26.0. The average molecular weight is 316 g/mol. The van der Waals surface area contributed by atoms with Gasteiger partial charge in [0.1, 0.15) is 6.10 Å². The first-order valence-corrected chi connectivity index (χ1v) is 7.62. The molecule has 0 amide bonds. The van der Waals surface area contributed by atoms with Gasteiger partial charge in [0.2, 0.25) is 0 Å². The zero-order chi connectivity index (χ0) is 16.2. The third-order valence-corrected chi connectivity index (χ3v) is 4.13. The molecule has 1 aromatic carbocycles. The van der Waals surface area contributed by atoms with Gasteiger partial charge in [-0.05, 0) is 17.6 Å². The Morgan fingerprint density at radius 2 is 2.17 bits per heavy atom. The van der Waals surface area contributed by atoms with E-state index in [9.17, 15) is 4.79 Å². The van der Waals surface area contributed by atoms with Crippen molar-refractivity contribution in [2.75, 3.05) is 20.3 Å². The summed E-state index contributed by atoms with van der Waals surface area (Å²) >= 11 is 0. The monoisotopic (exact) mass is 316 g/mol. The van der Waals surface area contributed by atoms with Crippen molar-refractivity contribution in [1.82, 2.24) is 0 Å². The minimum Gasteiger partial charge on any atom is -0.438 e. The van der Waals surface area contributed by atoms with Gasteiger partial charge in [-0.25, -0.2) is 4.79 Å². The zero-order valence-electron chi connectivity index (χ0n) is 13.1. The maximum Gasteiger partial charge on any atom is 0.508 e. The van der Waals surface area contributed by atoms with Crippen molar-refractivity contribution in [3.8, 4) is 0 Å². The van der Waals surface area contributed by atoms with E-state index in [4.69, 9.17) is 14.2 Å². The Hall–Kier alpha value is -2.11. The topological polar surface area (TPSA) is 54.0 Å². The first kappa shape index (κ1) is 15.8. The van der Waals surface area contributed by atoms with Crippen molar-refractivity contribution in [3.63, 3.8) is 0 Å². The fraction of sp³-hybridized carbons (Fsp3) is 0.389. The minimum atomic E-state index is -0.673. The van der Waals surface area contributed by atoms with Crippen LogP contribution in [0.4, 0.5) is 4.79 Å². The molecule has 0 aromatic heterocycles. The van der Waals surface area contributed by atoms with Gasteiger partial charge in [-0.2, -0.15) is 0 Å². The van der Waals surface area contributed by atoms with Crippen molar-refractivity contribution in [2.45, 2.75) is 18.8 Å². The van der Waals surface area contributed by atoms with Gasteiger partial charge in [-0.15, -0.1) is 6.58 Å². The first-order chi connectivity index (χ1) is 11.2. The largest absolute Gasteiger partial charge is 0.508 e. The molecule has 1 fully saturated rings. The number of fused-ring (bicyclic) bond motifs is 1. The molecule has 0 spiro atoms. The molecule has 2 aliphatic rings. The fourth-order valence-corrected chi connectivity index (χ4v) is 3.21. The molecular formula is C18H20O5. The number of methoxy groups -OCH3 is 1. The van der Waals surface area contributed by atoms with Crippen molar-refractivity contribution in [1.29, 1.82) is 0 Å². The molecule has 1 aliphatic carbocycles. The molecule has 3 rings (SSSR count). The highest BCUT2D eigenvalue weighted by Crippen LogP contribution is 2.46. The van der Waals surface area contributed by atoms with Gasteiger partial charge in [0.05, 0.1) is 20.3 Å². The molecule has 0 N–H and O–H groups in total. The smallest absolute Gasteiger partial charge is 0.438 e. The molecule has 1 heterocycles. The van der Waals surface area contributed by atoms with Crippen LogP contribution in [0.5, 0.6) is 0 Å². The molecule has 3 atom stereocenters. The lowest BCUT2D eigenvalue weighted by atomic mass is 9.99. The number of carbonyl (C=O) groups excluding carboxylic acids is 1. The second kappa shape index (κ2) is 6.98. The van der Waals surface area contributed by atoms with E-state index < -0.39 is 12.4 Å². The van der Waals surface area contributed by atoms with E-state index in [-0.39, 0.29) is 12.0 Å². The molecule has 122 valence electrons. The van der Waals surface area contributed by atoms with E-state index in [0.29, 0.717) is 19.6 Å². The Morgan fingerprint density at radius 1 is 1.39 bits per heavy atom. The summed E-state index contributed by atoms with van der Waals surface area (Å²) < 4.78 is 21.6. The second-order valence-corrected chi connectivity index (χ2v) is 5.52. The lowest BCUT2D eigenvalue weighted by molar-refractivity contribution is -0.0850. The molecule has 0 saturated carbocycles. The van der Waals surface area contributed by atoms with Gasteiger partial charge in [0.25, 0.3) is 0 Å². The van der Waals surface area contributed by atoms with E-state index in [1.54, 1.807) is 6.08 Å². The second-order valence-electron chi connectivity index (χ2n) is 5.52. The number of rotatable bonds is 5. The lowest BCUT2D eigenvalue weighted by Gasteiger charge is -2.19. The van der Waals surface area contributed by atoms with E-state index in [0.717, 1.165) is 16.7 Å². The van der Waals surface area contributed by atoms with E-state index >= 15 is 0 Å². The standard InChI is InChI=1S/C18H20O5/c1-3-9-21-17-16-13(11-22-17)10-14(23-18(19)20-2)15(16)12-7-5-4-6-8-12/h3-8,13-14,17H,1,9-11H2,2H3/t13-,14-,17-/m1/s1. The highest BCUT2D eigenvalue weighted by molar-refractivity contribution is 5.77. The minimum absolute atomic E-state index is 0.190. The van der Waals surface area contributed by atoms with Crippen molar-refractivity contribution >= 4 is 11.7 Å². The summed E-state index contributed by atoms with van der Waals surface area (Å²) in [7, 11) is 1.31. The summed E-state index contributed by atoms with van der Waals surface area (Å²) in [4.78, 5) is 11.6. The zero-order valence-corrected chi connectivity index (χ0v) is 13.1. The van der Waals surface area contributed by atoms with Gasteiger partial charge in [-0.1, -0.05) is 36.4 Å². The molecular weight excluding hydrogens is 296 g/mol. The number of ether oxygens (including phenoxy) is 4. The molecule has 0 unspecified atom stereocenters. The predicted molar refractivity (Wildman–Crippen MR) is 84.6 cm³/mol. The van der Waals surface area contributed by atoms with E-state index in [1.165, 1.54) is 7.11 Å². The highest BCUT2D eigenvalue weighted by atomic mass is 16.7. The van der Waals surface area contributed by atoms with Gasteiger partial charge < -0.3 is 18.9 Å². The van der Waals surface area contributed by atoms with Crippen LogP contribution in [-0.2, 0) is 18.9 Å². The molecule has 5 nitrogen and oxygen atoms in total. The lowest BCUT2D eigenvalue weighted by Crippen LogP contribution is -2.20. The van der Waals surface area contributed by atoms with Gasteiger partial charge in [0.15, 0.2) is 6.29 Å². The van der Waals surface area contributed by atoms with E-state index in [1.807, 2.05) is 30.3 Å². The predicted octanol–water partition coefficient (Wildman–Crippen LogP) is 3.17. The molecule has 0 bridgehead atoms. The molecule has 23 heavy (non-hydrogen) atoms. The maximum absolute atomic E-state index is 11.6. The Bertz CT molecular complexity index is 607. The van der Waals surface area contributed by atoms with Gasteiger partial charge in [-0.3, -0.25) is 0 Å². The quantitative estimate of drug-likeness (QED) is 0.617. The van der Waals surface area contributed by atoms with Crippen molar-refractivity contribution < 1.29 is 23.7 Å². The summed E-state index contributed by atoms with van der Waals surface area (Å²) in [5.41, 5.74) is 3.04. The summed E-state index contributed by atoms with van der Waals surface area (Å²) in [5, 5.41) is 0. The number of hydrogen-bond donors (Lipinski definition) is 0. The van der Waals surface area contributed by atoms with Gasteiger partial charge in [0, 0.05) is 11.5 Å². The van der Waals surface area contributed by atoms with Crippen LogP contribution >= 0.6 is 0 Å². The molecule has 0 radical (unpaired) electrons. The van der Waals surface area contributed by atoms with Crippen molar-refractivity contribution in [3.05, 3.63) is 54.1 Å². The number of benzene rings is 1. The van der Waals surface area contributed by atoms with E-state index in [2.05, 4.69) is 11.3 Å². The molecule has 1 aromatic rings. The molecule has 1 aliphatic heterocycles. The maximum atomic E-state index is 11.6. The Labute approximate surface area is 135 Å². The summed E-state index contributed by atoms with van der Waals surface area (Å²) in [6, 6.07) is 9.87. The van der Waals surface area contributed by atoms with Crippen LogP contribution in [0.1, 0.15) is 12.0 Å². The Balaban J connectivity index is 1.96. The van der Waals surface area contributed by atoms with Crippen LogP contribution in [-0.4, -0.2) is 38.9 Å². The Morgan fingerprint density at radius 3 is 2.87 bits per heavy atom. The Kier molecular flexibility index (Phi) is 4.79. The summed E-state index contributed by atoms with van der Waals surface area (Å²) in [6.07, 6.45) is 0.941. The summed E-state index contributed by atoms with van der Waals surface area (Å²) in [6.45, 7) is 4.64. The first-order valence-electron chi connectivity index (χ1n) is 7.62. The number of hydrogen-bond acceptors (Lipinski definition) is 5. The molecule has 5 heteroatoms. The fourth-order valence-electron chi connectivity index (χ4n) is 3.21. The summed E-state index contributed by atoms with van der Waals surface area (Å²) in [5.74, 6) is 0.190. The highest BCUT2D eigenvalue weighted by Gasteiger charge is 2.45. The number of carbonyl (C=O) groups is 1. The molecule has 1 saturated heterocycles. The van der Waals surface area contributed by atoms with Crippen LogP contribution in [0, 0.1) is 5.92 Å². The van der Waals surface area contributed by atoms with Crippen LogP contribution in [0.25, 0.3) is 5.57 Å². The van der Waals surface area contributed by atoms with Crippen LogP contribution in [0.15, 0.2) is 48.6 Å².